The molecule has 0 spiro atoms. The van der Waals surface area contributed by atoms with Gasteiger partial charge in [0.2, 0.25) is 5.91 Å². The fourth-order valence-corrected chi connectivity index (χ4v) is 2.90. The first-order valence-corrected chi connectivity index (χ1v) is 7.77. The van der Waals surface area contributed by atoms with E-state index in [4.69, 9.17) is 11.6 Å². The lowest BCUT2D eigenvalue weighted by Gasteiger charge is -2.18. The zero-order valence-electron chi connectivity index (χ0n) is 12.1. The second kappa shape index (κ2) is 6.11. The average Bonchev–Trinajstić information content (AvgIpc) is 3.35. The predicted molar refractivity (Wildman–Crippen MR) is 86.8 cm³/mol. The van der Waals surface area contributed by atoms with Crippen LogP contribution in [0.15, 0.2) is 54.6 Å². The number of halogens is 1. The van der Waals surface area contributed by atoms with Crippen LogP contribution in [0.25, 0.3) is 0 Å². The Morgan fingerprint density at radius 3 is 2.55 bits per heavy atom. The molecule has 1 aliphatic carbocycles. The van der Waals surface area contributed by atoms with Gasteiger partial charge in [0.1, 0.15) is 0 Å². The van der Waals surface area contributed by atoms with Gasteiger partial charge in [-0.3, -0.25) is 4.79 Å². The molecule has 2 aromatic rings. The molecule has 0 saturated heterocycles. The first-order valence-electron chi connectivity index (χ1n) is 7.39. The van der Waals surface area contributed by atoms with E-state index >= 15 is 0 Å². The first kappa shape index (κ1) is 15.1. The number of rotatable bonds is 5. The molecule has 0 aromatic heterocycles. The summed E-state index contributed by atoms with van der Waals surface area (Å²) in [7, 11) is 0. The second-order valence-electron chi connectivity index (χ2n) is 5.73. The number of aliphatic hydroxyl groups is 1. The maximum Gasteiger partial charge on any atom is 0.230 e. The maximum absolute atomic E-state index is 12.5. The van der Waals surface area contributed by atoms with Crippen molar-refractivity contribution in [2.45, 2.75) is 24.4 Å². The van der Waals surface area contributed by atoms with Gasteiger partial charge in [-0.15, -0.1) is 0 Å². The number of aliphatic hydroxyl groups excluding tert-OH is 1. The van der Waals surface area contributed by atoms with E-state index in [-0.39, 0.29) is 12.5 Å². The fourth-order valence-electron chi connectivity index (χ4n) is 2.71. The molecule has 2 aromatic carbocycles. The lowest BCUT2D eigenvalue weighted by Crippen LogP contribution is -2.37. The summed E-state index contributed by atoms with van der Waals surface area (Å²) in [4.78, 5) is 12.5. The molecule has 1 saturated carbocycles. The van der Waals surface area contributed by atoms with Crippen molar-refractivity contribution in [2.75, 3.05) is 6.54 Å². The van der Waals surface area contributed by atoms with Crippen molar-refractivity contribution in [2.24, 2.45) is 0 Å². The van der Waals surface area contributed by atoms with Crippen LogP contribution < -0.4 is 5.32 Å². The van der Waals surface area contributed by atoms with E-state index in [0.29, 0.717) is 5.02 Å². The standard InChI is InChI=1S/C18H18ClNO2/c19-15-8-4-7-14(11-15)18(9-10-18)17(22)20-12-16(21)13-5-2-1-3-6-13/h1-8,11,16,21H,9-10,12H2,(H,20,22)/t16-/m0/s1. The lowest BCUT2D eigenvalue weighted by molar-refractivity contribution is -0.124. The second-order valence-corrected chi connectivity index (χ2v) is 6.17. The van der Waals surface area contributed by atoms with Crippen LogP contribution in [0.3, 0.4) is 0 Å². The van der Waals surface area contributed by atoms with E-state index in [1.54, 1.807) is 6.07 Å². The molecule has 0 aliphatic heterocycles. The highest BCUT2D eigenvalue weighted by molar-refractivity contribution is 6.30. The minimum atomic E-state index is -0.694. The van der Waals surface area contributed by atoms with Crippen LogP contribution in [0.1, 0.15) is 30.1 Å². The van der Waals surface area contributed by atoms with Gasteiger partial charge >= 0.3 is 0 Å². The van der Waals surface area contributed by atoms with Gasteiger partial charge in [0.05, 0.1) is 11.5 Å². The molecule has 3 nitrogen and oxygen atoms in total. The van der Waals surface area contributed by atoms with Crippen LogP contribution in [0.2, 0.25) is 5.02 Å². The lowest BCUT2D eigenvalue weighted by atomic mass is 9.95. The monoisotopic (exact) mass is 315 g/mol. The number of nitrogens with one attached hydrogen (secondary N) is 1. The maximum atomic E-state index is 12.5. The van der Waals surface area contributed by atoms with Gasteiger partial charge in [-0.05, 0) is 36.1 Å². The third kappa shape index (κ3) is 3.01. The summed E-state index contributed by atoms with van der Waals surface area (Å²) in [6.07, 6.45) is 0.946. The smallest absolute Gasteiger partial charge is 0.230 e. The molecule has 1 atom stereocenters. The Morgan fingerprint density at radius 2 is 1.91 bits per heavy atom. The Morgan fingerprint density at radius 1 is 1.18 bits per heavy atom. The quantitative estimate of drug-likeness (QED) is 0.890. The van der Waals surface area contributed by atoms with E-state index in [0.717, 1.165) is 24.0 Å². The normalized spacial score (nSPS) is 16.8. The number of carbonyl (C=O) groups is 1. The van der Waals surface area contributed by atoms with Gasteiger partial charge in [0, 0.05) is 11.6 Å². The summed E-state index contributed by atoms with van der Waals surface area (Å²) >= 11 is 6.02. The minimum Gasteiger partial charge on any atom is -0.387 e. The van der Waals surface area contributed by atoms with Crippen molar-refractivity contribution in [1.82, 2.24) is 5.32 Å². The Balaban J connectivity index is 1.65. The molecule has 1 aliphatic rings. The van der Waals surface area contributed by atoms with E-state index in [2.05, 4.69) is 5.32 Å². The molecule has 4 heteroatoms. The molecule has 0 radical (unpaired) electrons. The van der Waals surface area contributed by atoms with Crippen molar-refractivity contribution >= 4 is 17.5 Å². The Hall–Kier alpha value is -1.84. The van der Waals surface area contributed by atoms with Crippen molar-refractivity contribution in [3.05, 3.63) is 70.7 Å². The summed E-state index contributed by atoms with van der Waals surface area (Å²) in [6.45, 7) is 0.213. The summed E-state index contributed by atoms with van der Waals surface area (Å²) in [5.41, 5.74) is 1.28. The largest absolute Gasteiger partial charge is 0.387 e. The predicted octanol–water partition coefficient (Wildman–Crippen LogP) is 3.22. The molecule has 0 unspecified atom stereocenters. The van der Waals surface area contributed by atoms with Crippen molar-refractivity contribution < 1.29 is 9.90 Å². The van der Waals surface area contributed by atoms with Crippen LogP contribution in [-0.2, 0) is 10.2 Å². The first-order chi connectivity index (χ1) is 10.6. The number of carbonyl (C=O) groups excluding carboxylic acids is 1. The van der Waals surface area contributed by atoms with Gasteiger partial charge in [0.15, 0.2) is 0 Å². The van der Waals surface area contributed by atoms with Gasteiger partial charge in [0.25, 0.3) is 0 Å². The molecule has 1 fully saturated rings. The Kier molecular flexibility index (Phi) is 4.19. The van der Waals surface area contributed by atoms with E-state index in [1.807, 2.05) is 48.5 Å². The number of hydrogen-bond acceptors (Lipinski definition) is 2. The summed E-state index contributed by atoms with van der Waals surface area (Å²) in [5, 5.41) is 13.6. The number of amides is 1. The average molecular weight is 316 g/mol. The molecular formula is C18H18ClNO2. The van der Waals surface area contributed by atoms with Gasteiger partial charge in [-0.1, -0.05) is 54.1 Å². The van der Waals surface area contributed by atoms with E-state index in [1.165, 1.54) is 0 Å². The Bertz CT molecular complexity index is 668. The summed E-state index contributed by atoms with van der Waals surface area (Å²) in [5.74, 6) is -0.0373. The highest BCUT2D eigenvalue weighted by Gasteiger charge is 2.51. The van der Waals surface area contributed by atoms with Crippen molar-refractivity contribution in [3.63, 3.8) is 0 Å². The molecule has 114 valence electrons. The fraction of sp³-hybridized carbons (Fsp3) is 0.278. The SMILES string of the molecule is O=C(NC[C@H](O)c1ccccc1)C1(c2cccc(Cl)c2)CC1. The van der Waals surface area contributed by atoms with Gasteiger partial charge in [-0.25, -0.2) is 0 Å². The highest BCUT2D eigenvalue weighted by Crippen LogP contribution is 2.48. The van der Waals surface area contributed by atoms with Crippen LogP contribution >= 0.6 is 11.6 Å². The molecule has 22 heavy (non-hydrogen) atoms. The van der Waals surface area contributed by atoms with Gasteiger partial charge in [-0.2, -0.15) is 0 Å². The summed E-state index contributed by atoms with van der Waals surface area (Å²) in [6, 6.07) is 16.8. The molecule has 0 bridgehead atoms. The van der Waals surface area contributed by atoms with Crippen molar-refractivity contribution in [1.29, 1.82) is 0 Å². The van der Waals surface area contributed by atoms with Crippen LogP contribution in [0.4, 0.5) is 0 Å². The highest BCUT2D eigenvalue weighted by atomic mass is 35.5. The molecule has 2 N–H and O–H groups in total. The van der Waals surface area contributed by atoms with E-state index in [9.17, 15) is 9.90 Å². The zero-order valence-corrected chi connectivity index (χ0v) is 12.9. The summed E-state index contributed by atoms with van der Waals surface area (Å²) < 4.78 is 0. The molecule has 0 heterocycles. The third-order valence-electron chi connectivity index (χ3n) is 4.20. The van der Waals surface area contributed by atoms with Crippen LogP contribution in [0.5, 0.6) is 0 Å². The third-order valence-corrected chi connectivity index (χ3v) is 4.44. The topological polar surface area (TPSA) is 49.3 Å². The molecule has 3 rings (SSSR count). The van der Waals surface area contributed by atoms with Crippen molar-refractivity contribution in [3.8, 4) is 0 Å². The molecular weight excluding hydrogens is 298 g/mol. The minimum absolute atomic E-state index is 0.0373. The van der Waals surface area contributed by atoms with Crippen LogP contribution in [0, 0.1) is 0 Å². The van der Waals surface area contributed by atoms with E-state index < -0.39 is 11.5 Å². The number of hydrogen-bond donors (Lipinski definition) is 2. The Labute approximate surface area is 134 Å². The van der Waals surface area contributed by atoms with Crippen LogP contribution in [-0.4, -0.2) is 17.6 Å². The van der Waals surface area contributed by atoms with Gasteiger partial charge < -0.3 is 10.4 Å². The zero-order chi connectivity index (χ0) is 15.6. The number of benzene rings is 2. The molecule has 1 amide bonds.